The molecule has 1 aromatic rings. The summed E-state index contributed by atoms with van der Waals surface area (Å²) in [4.78, 5) is 26.1. The molecule has 3 N–H and O–H groups in total. The van der Waals surface area contributed by atoms with Gasteiger partial charge in [0.25, 0.3) is 5.56 Å². The molecule has 8 heteroatoms. The summed E-state index contributed by atoms with van der Waals surface area (Å²) in [5.74, 6) is 0.134. The van der Waals surface area contributed by atoms with Crippen LogP contribution in [0.2, 0.25) is 0 Å². The van der Waals surface area contributed by atoms with Crippen LogP contribution in [0.4, 0.5) is 11.5 Å². The largest absolute Gasteiger partial charge is 0.395 e. The summed E-state index contributed by atoms with van der Waals surface area (Å²) >= 11 is 0. The van der Waals surface area contributed by atoms with Gasteiger partial charge in [0.1, 0.15) is 11.5 Å². The monoisotopic (exact) mass is 300 g/mol. The lowest BCUT2D eigenvalue weighted by Gasteiger charge is -2.26. The van der Waals surface area contributed by atoms with E-state index in [4.69, 9.17) is 10.5 Å². The Labute approximate surface area is 123 Å². The van der Waals surface area contributed by atoms with Gasteiger partial charge in [-0.3, -0.25) is 13.9 Å². The highest BCUT2D eigenvalue weighted by molar-refractivity contribution is 5.62. The number of aliphatic hydroxyl groups excluding tert-OH is 1. The molecule has 120 valence electrons. The second-order valence-electron chi connectivity index (χ2n) is 4.74. The van der Waals surface area contributed by atoms with Crippen LogP contribution in [0.3, 0.4) is 0 Å². The highest BCUT2D eigenvalue weighted by atomic mass is 16.5. The molecule has 0 spiro atoms. The Morgan fingerprint density at radius 2 is 2.00 bits per heavy atom. The third kappa shape index (κ3) is 3.64. The number of ether oxygens (including phenoxy) is 1. The van der Waals surface area contributed by atoms with Crippen LogP contribution in [0.5, 0.6) is 0 Å². The van der Waals surface area contributed by atoms with Crippen molar-refractivity contribution in [1.82, 2.24) is 9.13 Å². The zero-order valence-corrected chi connectivity index (χ0v) is 12.8. The Kier molecular flexibility index (Phi) is 6.44. The molecule has 0 saturated heterocycles. The summed E-state index contributed by atoms with van der Waals surface area (Å²) in [6, 6.07) is 0. The SMILES string of the molecule is CCCn1c(N)c(N(CCO)CCOC)c(=O)n(C)c1=O. The summed E-state index contributed by atoms with van der Waals surface area (Å²) in [6.07, 6.45) is 0.722. The van der Waals surface area contributed by atoms with Gasteiger partial charge in [0.05, 0.1) is 13.2 Å². The number of hydrogen-bond donors (Lipinski definition) is 2. The van der Waals surface area contributed by atoms with Crippen LogP contribution in [-0.4, -0.2) is 47.7 Å². The van der Waals surface area contributed by atoms with E-state index in [0.717, 1.165) is 11.0 Å². The minimum atomic E-state index is -0.464. The van der Waals surface area contributed by atoms with Crippen LogP contribution in [0.15, 0.2) is 9.59 Å². The average molecular weight is 300 g/mol. The van der Waals surface area contributed by atoms with Crippen LogP contribution in [0.25, 0.3) is 0 Å². The van der Waals surface area contributed by atoms with E-state index < -0.39 is 11.2 Å². The van der Waals surface area contributed by atoms with Crippen LogP contribution in [-0.2, 0) is 18.3 Å². The smallest absolute Gasteiger partial charge is 0.332 e. The van der Waals surface area contributed by atoms with Gasteiger partial charge >= 0.3 is 5.69 Å². The Morgan fingerprint density at radius 3 is 2.52 bits per heavy atom. The van der Waals surface area contributed by atoms with Gasteiger partial charge in [-0.1, -0.05) is 6.92 Å². The van der Waals surface area contributed by atoms with Crippen molar-refractivity contribution in [1.29, 1.82) is 0 Å². The molecule has 1 rings (SSSR count). The van der Waals surface area contributed by atoms with E-state index in [1.807, 2.05) is 6.92 Å². The van der Waals surface area contributed by atoms with Crippen molar-refractivity contribution in [2.75, 3.05) is 44.0 Å². The first-order valence-electron chi connectivity index (χ1n) is 6.93. The van der Waals surface area contributed by atoms with Gasteiger partial charge in [0.15, 0.2) is 0 Å². The maximum Gasteiger partial charge on any atom is 0.332 e. The van der Waals surface area contributed by atoms with E-state index in [1.165, 1.54) is 11.6 Å². The summed E-state index contributed by atoms with van der Waals surface area (Å²) in [5, 5.41) is 9.17. The van der Waals surface area contributed by atoms with Crippen molar-refractivity contribution in [3.63, 3.8) is 0 Å². The molecule has 0 bridgehead atoms. The Hall–Kier alpha value is -1.80. The van der Waals surface area contributed by atoms with Crippen molar-refractivity contribution in [3.05, 3.63) is 20.8 Å². The van der Waals surface area contributed by atoms with E-state index >= 15 is 0 Å². The fraction of sp³-hybridized carbons (Fsp3) is 0.692. The van der Waals surface area contributed by atoms with Gasteiger partial charge < -0.3 is 20.5 Å². The molecule has 0 radical (unpaired) electrons. The molecule has 0 aliphatic heterocycles. The van der Waals surface area contributed by atoms with Gasteiger partial charge in [-0.15, -0.1) is 0 Å². The number of aromatic nitrogens is 2. The van der Waals surface area contributed by atoms with Crippen molar-refractivity contribution in [3.8, 4) is 0 Å². The molecule has 0 atom stereocenters. The Balaban J connectivity index is 3.44. The van der Waals surface area contributed by atoms with Crippen molar-refractivity contribution >= 4 is 11.5 Å². The summed E-state index contributed by atoms with van der Waals surface area (Å²) in [5.41, 5.74) is 5.37. The molecule has 0 aliphatic carbocycles. The molecule has 0 aliphatic rings. The first kappa shape index (κ1) is 17.3. The molecule has 0 unspecified atom stereocenters. The van der Waals surface area contributed by atoms with Crippen molar-refractivity contribution in [2.45, 2.75) is 19.9 Å². The summed E-state index contributed by atoms with van der Waals surface area (Å²) < 4.78 is 7.43. The van der Waals surface area contributed by atoms with Gasteiger partial charge in [0.2, 0.25) is 0 Å². The molecule has 0 aromatic carbocycles. The highest BCUT2D eigenvalue weighted by Crippen LogP contribution is 2.16. The molecular weight excluding hydrogens is 276 g/mol. The van der Waals surface area contributed by atoms with Gasteiger partial charge in [-0.2, -0.15) is 0 Å². The standard InChI is InChI=1S/C13H24N4O4/c1-4-5-17-11(14)10(12(19)15(2)13(17)20)16(6-8-18)7-9-21-3/h18H,4-9,14H2,1-3H3. The molecule has 1 heterocycles. The number of rotatable bonds is 8. The minimum Gasteiger partial charge on any atom is -0.395 e. The molecule has 0 amide bonds. The minimum absolute atomic E-state index is 0.126. The van der Waals surface area contributed by atoms with Crippen LogP contribution >= 0.6 is 0 Å². The summed E-state index contributed by atoms with van der Waals surface area (Å²) in [6.45, 7) is 3.26. The lowest BCUT2D eigenvalue weighted by atomic mass is 10.3. The van der Waals surface area contributed by atoms with E-state index in [2.05, 4.69) is 0 Å². The average Bonchev–Trinajstić information content (AvgIpc) is 2.47. The predicted octanol–water partition coefficient (Wildman–Crippen LogP) is -1.02. The molecule has 8 nitrogen and oxygen atoms in total. The van der Waals surface area contributed by atoms with E-state index in [1.54, 1.807) is 12.0 Å². The zero-order chi connectivity index (χ0) is 16.0. The van der Waals surface area contributed by atoms with Crippen LogP contribution in [0, 0.1) is 0 Å². The second-order valence-corrected chi connectivity index (χ2v) is 4.74. The van der Waals surface area contributed by atoms with Crippen LogP contribution in [0.1, 0.15) is 13.3 Å². The molecule has 1 aromatic heterocycles. The van der Waals surface area contributed by atoms with E-state index in [9.17, 15) is 14.7 Å². The number of nitrogens with two attached hydrogens (primary N) is 1. The Morgan fingerprint density at radius 1 is 1.33 bits per heavy atom. The van der Waals surface area contributed by atoms with Gasteiger partial charge in [-0.05, 0) is 6.42 Å². The number of nitrogen functional groups attached to an aromatic ring is 1. The first-order chi connectivity index (χ1) is 9.99. The number of nitrogens with zero attached hydrogens (tertiary/aromatic N) is 3. The van der Waals surface area contributed by atoms with Gasteiger partial charge in [0, 0.05) is 33.8 Å². The quantitative estimate of drug-likeness (QED) is 0.637. The third-order valence-electron chi connectivity index (χ3n) is 3.26. The number of methoxy groups -OCH3 is 1. The van der Waals surface area contributed by atoms with Gasteiger partial charge in [-0.25, -0.2) is 4.79 Å². The third-order valence-corrected chi connectivity index (χ3v) is 3.26. The zero-order valence-electron chi connectivity index (χ0n) is 12.8. The predicted molar refractivity (Wildman–Crippen MR) is 81.8 cm³/mol. The summed E-state index contributed by atoms with van der Waals surface area (Å²) in [7, 11) is 2.98. The number of hydrogen-bond acceptors (Lipinski definition) is 6. The molecule has 21 heavy (non-hydrogen) atoms. The Bertz CT molecular complexity index is 579. The maximum atomic E-state index is 12.4. The second kappa shape index (κ2) is 7.84. The van der Waals surface area contributed by atoms with Crippen molar-refractivity contribution in [2.24, 2.45) is 7.05 Å². The lowest BCUT2D eigenvalue weighted by Crippen LogP contribution is -2.44. The molecule has 0 saturated carbocycles. The first-order valence-corrected chi connectivity index (χ1v) is 6.93. The van der Waals surface area contributed by atoms with Crippen molar-refractivity contribution < 1.29 is 9.84 Å². The lowest BCUT2D eigenvalue weighted by molar-refractivity contribution is 0.202. The van der Waals surface area contributed by atoms with Crippen LogP contribution < -0.4 is 21.9 Å². The number of aliphatic hydroxyl groups is 1. The highest BCUT2D eigenvalue weighted by Gasteiger charge is 2.20. The van der Waals surface area contributed by atoms with E-state index in [-0.39, 0.29) is 24.7 Å². The maximum absolute atomic E-state index is 12.4. The topological polar surface area (TPSA) is 103 Å². The fourth-order valence-corrected chi connectivity index (χ4v) is 2.16. The molecule has 0 fully saturated rings. The fourth-order valence-electron chi connectivity index (χ4n) is 2.16. The normalized spacial score (nSPS) is 10.9. The van der Waals surface area contributed by atoms with E-state index in [0.29, 0.717) is 19.7 Å². The molecular formula is C13H24N4O4. The number of anilines is 2.